The summed E-state index contributed by atoms with van der Waals surface area (Å²) in [7, 11) is 0. The van der Waals surface area contributed by atoms with Gasteiger partial charge < -0.3 is 11.1 Å². The fourth-order valence-electron chi connectivity index (χ4n) is 6.28. The minimum atomic E-state index is -0.0444. The van der Waals surface area contributed by atoms with Gasteiger partial charge in [-0.15, -0.1) is 11.3 Å². The normalized spacial score (nSPS) is 44.0. The average molecular weight is 305 g/mol. The van der Waals surface area contributed by atoms with Gasteiger partial charge in [0.1, 0.15) is 5.69 Å². The quantitative estimate of drug-likeness (QED) is 0.881. The Morgan fingerprint density at radius 2 is 1.95 bits per heavy atom. The van der Waals surface area contributed by atoms with E-state index in [4.69, 9.17) is 5.73 Å². The Morgan fingerprint density at radius 3 is 2.48 bits per heavy atom. The molecule has 4 aliphatic carbocycles. The molecule has 2 atom stereocenters. The number of amides is 1. The number of hydrogen-bond donors (Lipinski definition) is 2. The molecule has 4 bridgehead atoms. The van der Waals surface area contributed by atoms with Gasteiger partial charge in [-0.05, 0) is 55.3 Å². The van der Waals surface area contributed by atoms with Crippen molar-refractivity contribution < 1.29 is 4.79 Å². The van der Waals surface area contributed by atoms with Gasteiger partial charge in [0, 0.05) is 10.9 Å². The van der Waals surface area contributed by atoms with Crippen LogP contribution in [-0.4, -0.2) is 16.4 Å². The SMILES string of the molecule is CC12CC3CC(C)(C1)CC(NC(=O)c1csc(N)n1)(C3)C2. The highest BCUT2D eigenvalue weighted by Crippen LogP contribution is 2.66. The summed E-state index contributed by atoms with van der Waals surface area (Å²) < 4.78 is 0. The third kappa shape index (κ3) is 2.17. The van der Waals surface area contributed by atoms with E-state index in [0.29, 0.717) is 21.7 Å². The maximum Gasteiger partial charge on any atom is 0.271 e. The molecule has 3 N–H and O–H groups in total. The molecule has 5 rings (SSSR count). The number of nitrogen functional groups attached to an aromatic ring is 1. The molecule has 1 aromatic rings. The van der Waals surface area contributed by atoms with E-state index in [0.717, 1.165) is 25.2 Å². The Bertz CT molecular complexity index is 592. The summed E-state index contributed by atoms with van der Waals surface area (Å²) in [5.41, 5.74) is 6.92. The molecule has 1 heterocycles. The first kappa shape index (κ1) is 13.6. The maximum absolute atomic E-state index is 12.5. The fourth-order valence-corrected chi connectivity index (χ4v) is 6.83. The molecule has 4 saturated carbocycles. The number of hydrogen-bond acceptors (Lipinski definition) is 4. The molecule has 4 aliphatic rings. The minimum absolute atomic E-state index is 0.0155. The predicted molar refractivity (Wildman–Crippen MR) is 84.1 cm³/mol. The van der Waals surface area contributed by atoms with E-state index in [2.05, 4.69) is 24.1 Å². The average Bonchev–Trinajstić information content (AvgIpc) is 2.70. The van der Waals surface area contributed by atoms with Gasteiger partial charge in [-0.3, -0.25) is 4.79 Å². The monoisotopic (exact) mass is 305 g/mol. The zero-order valence-corrected chi connectivity index (χ0v) is 13.6. The van der Waals surface area contributed by atoms with Crippen molar-refractivity contribution in [2.24, 2.45) is 16.7 Å². The van der Waals surface area contributed by atoms with Gasteiger partial charge in [0.15, 0.2) is 5.13 Å². The van der Waals surface area contributed by atoms with Crippen LogP contribution in [0.15, 0.2) is 5.38 Å². The molecule has 0 spiro atoms. The van der Waals surface area contributed by atoms with Crippen molar-refractivity contribution in [3.05, 3.63) is 11.1 Å². The molecular formula is C16H23N3OS. The van der Waals surface area contributed by atoms with Crippen molar-refractivity contribution in [1.29, 1.82) is 0 Å². The number of nitrogens with one attached hydrogen (secondary N) is 1. The lowest BCUT2D eigenvalue weighted by Crippen LogP contribution is -2.65. The van der Waals surface area contributed by atoms with Crippen LogP contribution in [0.1, 0.15) is 62.9 Å². The van der Waals surface area contributed by atoms with Crippen LogP contribution in [0.4, 0.5) is 5.13 Å². The van der Waals surface area contributed by atoms with Crippen LogP contribution in [0.3, 0.4) is 0 Å². The molecule has 21 heavy (non-hydrogen) atoms. The standard InChI is InChI=1S/C16H23N3OS/c1-14-3-10-4-15(2,7-14)9-16(5-10,8-14)19-12(20)11-6-21-13(17)18-11/h6,10H,3-5,7-9H2,1-2H3,(H2,17,18)(H,19,20). The zero-order chi connectivity index (χ0) is 14.9. The van der Waals surface area contributed by atoms with E-state index < -0.39 is 0 Å². The summed E-state index contributed by atoms with van der Waals surface area (Å²) >= 11 is 1.33. The Balaban J connectivity index is 1.61. The van der Waals surface area contributed by atoms with E-state index >= 15 is 0 Å². The zero-order valence-electron chi connectivity index (χ0n) is 12.7. The van der Waals surface area contributed by atoms with Gasteiger partial charge in [-0.1, -0.05) is 13.8 Å². The smallest absolute Gasteiger partial charge is 0.271 e. The van der Waals surface area contributed by atoms with Crippen molar-refractivity contribution in [1.82, 2.24) is 10.3 Å². The Kier molecular flexibility index (Phi) is 2.58. The van der Waals surface area contributed by atoms with E-state index in [9.17, 15) is 4.79 Å². The van der Waals surface area contributed by atoms with Crippen molar-refractivity contribution in [2.75, 3.05) is 5.73 Å². The molecule has 0 aliphatic heterocycles. The van der Waals surface area contributed by atoms with E-state index in [-0.39, 0.29) is 11.4 Å². The summed E-state index contributed by atoms with van der Waals surface area (Å²) in [5.74, 6) is 0.731. The minimum Gasteiger partial charge on any atom is -0.375 e. The fraction of sp³-hybridized carbons (Fsp3) is 0.750. The Labute approximate surface area is 129 Å². The first-order valence-corrected chi connectivity index (χ1v) is 8.70. The summed E-state index contributed by atoms with van der Waals surface area (Å²) in [4.78, 5) is 16.7. The number of nitrogens with zero attached hydrogens (tertiary/aromatic N) is 1. The van der Waals surface area contributed by atoms with Gasteiger partial charge in [0.05, 0.1) is 0 Å². The van der Waals surface area contributed by atoms with Crippen LogP contribution < -0.4 is 11.1 Å². The first-order chi connectivity index (χ1) is 9.79. The van der Waals surface area contributed by atoms with E-state index in [1.54, 1.807) is 5.38 Å². The number of aromatic nitrogens is 1. The molecule has 4 nitrogen and oxygen atoms in total. The van der Waals surface area contributed by atoms with Gasteiger partial charge in [0.25, 0.3) is 5.91 Å². The van der Waals surface area contributed by atoms with Gasteiger partial charge in [-0.2, -0.15) is 0 Å². The topological polar surface area (TPSA) is 68.0 Å². The summed E-state index contributed by atoms with van der Waals surface area (Å²) in [6.45, 7) is 4.83. The molecule has 5 heteroatoms. The second-order valence-corrected chi connectivity index (χ2v) is 9.33. The summed E-state index contributed by atoms with van der Waals surface area (Å²) in [5, 5.41) is 5.58. The number of anilines is 1. The Morgan fingerprint density at radius 1 is 1.29 bits per heavy atom. The van der Waals surface area contributed by atoms with Crippen LogP contribution in [0, 0.1) is 16.7 Å². The van der Waals surface area contributed by atoms with Crippen LogP contribution in [0.2, 0.25) is 0 Å². The molecule has 114 valence electrons. The lowest BCUT2D eigenvalue weighted by Gasteiger charge is -2.65. The molecule has 2 unspecified atom stereocenters. The number of carbonyl (C=O) groups is 1. The lowest BCUT2D eigenvalue weighted by atomic mass is 9.43. The molecule has 1 amide bonds. The number of nitrogens with two attached hydrogens (primary N) is 1. The van der Waals surface area contributed by atoms with Gasteiger partial charge >= 0.3 is 0 Å². The van der Waals surface area contributed by atoms with Crippen LogP contribution in [0.25, 0.3) is 0 Å². The first-order valence-electron chi connectivity index (χ1n) is 7.83. The highest BCUT2D eigenvalue weighted by molar-refractivity contribution is 7.13. The van der Waals surface area contributed by atoms with E-state index in [1.807, 2.05) is 0 Å². The molecule has 0 saturated heterocycles. The molecule has 4 fully saturated rings. The molecule has 0 radical (unpaired) electrons. The maximum atomic E-state index is 12.5. The highest BCUT2D eigenvalue weighted by atomic mass is 32.1. The summed E-state index contributed by atoms with van der Waals surface area (Å²) in [6.07, 6.45) is 7.38. The number of thiazole rings is 1. The molecular weight excluding hydrogens is 282 g/mol. The van der Waals surface area contributed by atoms with E-state index in [1.165, 1.54) is 30.6 Å². The van der Waals surface area contributed by atoms with Gasteiger partial charge in [-0.25, -0.2) is 4.98 Å². The van der Waals surface area contributed by atoms with Gasteiger partial charge in [0.2, 0.25) is 0 Å². The molecule has 0 aromatic carbocycles. The number of carbonyl (C=O) groups excluding carboxylic acids is 1. The largest absolute Gasteiger partial charge is 0.375 e. The van der Waals surface area contributed by atoms with Crippen molar-refractivity contribution in [3.8, 4) is 0 Å². The second kappa shape index (κ2) is 4.00. The number of rotatable bonds is 2. The predicted octanol–water partition coefficient (Wildman–Crippen LogP) is 3.20. The summed E-state index contributed by atoms with van der Waals surface area (Å²) in [6, 6.07) is 0. The second-order valence-electron chi connectivity index (χ2n) is 8.44. The lowest BCUT2D eigenvalue weighted by molar-refractivity contribution is -0.114. The van der Waals surface area contributed by atoms with Crippen molar-refractivity contribution in [3.63, 3.8) is 0 Å². The van der Waals surface area contributed by atoms with Crippen LogP contribution >= 0.6 is 11.3 Å². The highest BCUT2D eigenvalue weighted by Gasteiger charge is 2.60. The molecule has 1 aromatic heterocycles. The van der Waals surface area contributed by atoms with Crippen LogP contribution in [-0.2, 0) is 0 Å². The van der Waals surface area contributed by atoms with Crippen molar-refractivity contribution in [2.45, 2.75) is 57.9 Å². The Hall–Kier alpha value is -1.10. The third-order valence-electron chi connectivity index (χ3n) is 5.76. The third-order valence-corrected chi connectivity index (χ3v) is 6.43. The van der Waals surface area contributed by atoms with Crippen molar-refractivity contribution >= 4 is 22.4 Å². The van der Waals surface area contributed by atoms with Crippen LogP contribution in [0.5, 0.6) is 0 Å².